The standard InChI is InChI=1S/C12H19N3O2/c1-9(10-6-13-14(3)7-10)15-5-4-12(2,8-15)11(16)17/h6-7,9H,4-5,8H2,1-3H3,(H,16,17). The van der Waals surface area contributed by atoms with E-state index in [1.807, 2.05) is 26.4 Å². The van der Waals surface area contributed by atoms with E-state index in [2.05, 4.69) is 16.9 Å². The Bertz CT molecular complexity index is 429. The van der Waals surface area contributed by atoms with Gasteiger partial charge in [-0.05, 0) is 26.8 Å². The highest BCUT2D eigenvalue weighted by molar-refractivity contribution is 5.74. The Morgan fingerprint density at radius 3 is 2.82 bits per heavy atom. The molecule has 1 aliphatic rings. The minimum atomic E-state index is -0.696. The van der Waals surface area contributed by atoms with Crippen molar-refractivity contribution in [3.8, 4) is 0 Å². The maximum absolute atomic E-state index is 11.2. The molecule has 0 aromatic carbocycles. The zero-order valence-corrected chi connectivity index (χ0v) is 10.6. The Hall–Kier alpha value is -1.36. The van der Waals surface area contributed by atoms with Crippen LogP contribution in [0.1, 0.15) is 31.9 Å². The van der Waals surface area contributed by atoms with E-state index >= 15 is 0 Å². The minimum absolute atomic E-state index is 0.227. The van der Waals surface area contributed by atoms with E-state index in [-0.39, 0.29) is 6.04 Å². The number of hydrogen-bond donors (Lipinski definition) is 1. The van der Waals surface area contributed by atoms with Gasteiger partial charge in [0.1, 0.15) is 0 Å². The molecule has 0 aliphatic carbocycles. The third-order valence-corrected chi connectivity index (χ3v) is 3.77. The summed E-state index contributed by atoms with van der Waals surface area (Å²) in [5, 5.41) is 13.4. The van der Waals surface area contributed by atoms with Crippen molar-refractivity contribution in [2.24, 2.45) is 12.5 Å². The highest BCUT2D eigenvalue weighted by Gasteiger charge is 2.41. The van der Waals surface area contributed by atoms with E-state index in [0.29, 0.717) is 13.0 Å². The van der Waals surface area contributed by atoms with Crippen LogP contribution in [0.2, 0.25) is 0 Å². The summed E-state index contributed by atoms with van der Waals surface area (Å²) in [6.45, 7) is 5.37. The molecule has 1 aromatic heterocycles. The van der Waals surface area contributed by atoms with Crippen molar-refractivity contribution in [2.45, 2.75) is 26.3 Å². The topological polar surface area (TPSA) is 58.4 Å². The lowest BCUT2D eigenvalue weighted by molar-refractivity contribution is -0.147. The van der Waals surface area contributed by atoms with Gasteiger partial charge in [-0.2, -0.15) is 5.10 Å². The fourth-order valence-electron chi connectivity index (χ4n) is 2.37. The van der Waals surface area contributed by atoms with Crippen molar-refractivity contribution in [1.29, 1.82) is 0 Å². The minimum Gasteiger partial charge on any atom is -0.481 e. The van der Waals surface area contributed by atoms with Gasteiger partial charge in [0.25, 0.3) is 0 Å². The van der Waals surface area contributed by atoms with Crippen LogP contribution < -0.4 is 0 Å². The van der Waals surface area contributed by atoms with E-state index in [0.717, 1.165) is 12.1 Å². The third kappa shape index (κ3) is 2.20. The van der Waals surface area contributed by atoms with Gasteiger partial charge in [-0.25, -0.2) is 0 Å². The summed E-state index contributed by atoms with van der Waals surface area (Å²) in [5.41, 5.74) is 0.540. The van der Waals surface area contributed by atoms with Crippen molar-refractivity contribution in [3.63, 3.8) is 0 Å². The van der Waals surface area contributed by atoms with Gasteiger partial charge < -0.3 is 5.11 Å². The predicted octanol–water partition coefficient (Wildman–Crippen LogP) is 1.28. The van der Waals surface area contributed by atoms with Crippen LogP contribution in [0.15, 0.2) is 12.4 Å². The van der Waals surface area contributed by atoms with Gasteiger partial charge in [0.05, 0.1) is 11.6 Å². The van der Waals surface area contributed by atoms with E-state index in [1.165, 1.54) is 0 Å². The lowest BCUT2D eigenvalue weighted by Crippen LogP contribution is -2.32. The van der Waals surface area contributed by atoms with Gasteiger partial charge in [-0.3, -0.25) is 14.4 Å². The zero-order chi connectivity index (χ0) is 12.6. The molecule has 1 aliphatic heterocycles. The summed E-state index contributed by atoms with van der Waals surface area (Å²) in [5.74, 6) is -0.696. The Morgan fingerprint density at radius 2 is 2.35 bits per heavy atom. The smallest absolute Gasteiger partial charge is 0.310 e. The number of likely N-dealkylation sites (tertiary alicyclic amines) is 1. The average Bonchev–Trinajstić information content (AvgIpc) is 2.85. The van der Waals surface area contributed by atoms with Gasteiger partial charge >= 0.3 is 5.97 Å². The number of aromatic nitrogens is 2. The summed E-state index contributed by atoms with van der Waals surface area (Å²) < 4.78 is 1.78. The predicted molar refractivity (Wildman–Crippen MR) is 63.6 cm³/mol. The molecule has 0 radical (unpaired) electrons. The molecule has 2 rings (SSSR count). The van der Waals surface area contributed by atoms with Crippen LogP contribution in [-0.2, 0) is 11.8 Å². The summed E-state index contributed by atoms with van der Waals surface area (Å²) in [6, 6.07) is 0.227. The Balaban J connectivity index is 2.08. The van der Waals surface area contributed by atoms with Crippen molar-refractivity contribution in [1.82, 2.24) is 14.7 Å². The Kier molecular flexibility index (Phi) is 2.95. The number of carboxylic acid groups (broad SMARTS) is 1. The fraction of sp³-hybridized carbons (Fsp3) is 0.667. The Labute approximate surface area is 101 Å². The molecule has 1 aromatic rings. The second-order valence-corrected chi connectivity index (χ2v) is 5.21. The monoisotopic (exact) mass is 237 g/mol. The van der Waals surface area contributed by atoms with E-state index in [9.17, 15) is 9.90 Å². The van der Waals surface area contributed by atoms with E-state index in [1.54, 1.807) is 4.68 Å². The fourth-order valence-corrected chi connectivity index (χ4v) is 2.37. The summed E-state index contributed by atoms with van der Waals surface area (Å²) in [7, 11) is 1.89. The molecule has 94 valence electrons. The van der Waals surface area contributed by atoms with Crippen LogP contribution in [-0.4, -0.2) is 38.8 Å². The highest BCUT2D eigenvalue weighted by atomic mass is 16.4. The highest BCUT2D eigenvalue weighted by Crippen LogP contribution is 2.35. The normalized spacial score (nSPS) is 27.2. The quantitative estimate of drug-likeness (QED) is 0.860. The number of aliphatic carboxylic acids is 1. The van der Waals surface area contributed by atoms with Gasteiger partial charge in [0.2, 0.25) is 0 Å². The lowest BCUT2D eigenvalue weighted by atomic mass is 9.90. The second kappa shape index (κ2) is 4.14. The van der Waals surface area contributed by atoms with Crippen LogP contribution in [0.3, 0.4) is 0 Å². The molecule has 0 spiro atoms. The van der Waals surface area contributed by atoms with Gasteiger partial charge in [-0.1, -0.05) is 0 Å². The zero-order valence-electron chi connectivity index (χ0n) is 10.6. The molecule has 5 heteroatoms. The third-order valence-electron chi connectivity index (χ3n) is 3.77. The second-order valence-electron chi connectivity index (χ2n) is 5.21. The van der Waals surface area contributed by atoms with Gasteiger partial charge in [0.15, 0.2) is 0 Å². The first-order valence-electron chi connectivity index (χ1n) is 5.88. The van der Waals surface area contributed by atoms with Gasteiger partial charge in [0, 0.05) is 31.4 Å². The number of aryl methyl sites for hydroxylation is 1. The van der Waals surface area contributed by atoms with Crippen LogP contribution in [0, 0.1) is 5.41 Å². The lowest BCUT2D eigenvalue weighted by Gasteiger charge is -2.25. The SMILES string of the molecule is CC(c1cnn(C)c1)N1CCC(C)(C(=O)O)C1. The largest absolute Gasteiger partial charge is 0.481 e. The number of carboxylic acids is 1. The Morgan fingerprint density at radius 1 is 1.65 bits per heavy atom. The first kappa shape index (κ1) is 12.1. The van der Waals surface area contributed by atoms with Crippen LogP contribution in [0.25, 0.3) is 0 Å². The van der Waals surface area contributed by atoms with Gasteiger partial charge in [-0.15, -0.1) is 0 Å². The molecule has 2 unspecified atom stereocenters. The molecule has 1 fully saturated rings. The van der Waals surface area contributed by atoms with E-state index < -0.39 is 11.4 Å². The molecule has 0 saturated carbocycles. The summed E-state index contributed by atoms with van der Waals surface area (Å²) in [4.78, 5) is 13.4. The van der Waals surface area contributed by atoms with Crippen molar-refractivity contribution < 1.29 is 9.90 Å². The maximum Gasteiger partial charge on any atom is 0.310 e. The molecular formula is C12H19N3O2. The molecule has 1 saturated heterocycles. The van der Waals surface area contributed by atoms with Crippen LogP contribution >= 0.6 is 0 Å². The van der Waals surface area contributed by atoms with Crippen molar-refractivity contribution >= 4 is 5.97 Å². The molecule has 0 bridgehead atoms. The molecule has 0 amide bonds. The summed E-state index contributed by atoms with van der Waals surface area (Å²) >= 11 is 0. The first-order valence-corrected chi connectivity index (χ1v) is 5.88. The molecule has 2 atom stereocenters. The van der Waals surface area contributed by atoms with Crippen LogP contribution in [0.5, 0.6) is 0 Å². The number of rotatable bonds is 3. The molecule has 2 heterocycles. The first-order chi connectivity index (χ1) is 7.92. The molecular weight excluding hydrogens is 218 g/mol. The van der Waals surface area contributed by atoms with Crippen molar-refractivity contribution in [3.05, 3.63) is 18.0 Å². The molecule has 17 heavy (non-hydrogen) atoms. The van der Waals surface area contributed by atoms with Crippen LogP contribution in [0.4, 0.5) is 0 Å². The maximum atomic E-state index is 11.2. The molecule has 5 nitrogen and oxygen atoms in total. The molecule has 1 N–H and O–H groups in total. The van der Waals surface area contributed by atoms with Crippen molar-refractivity contribution in [2.75, 3.05) is 13.1 Å². The number of carbonyl (C=O) groups is 1. The number of nitrogens with zero attached hydrogens (tertiary/aromatic N) is 3. The van der Waals surface area contributed by atoms with E-state index in [4.69, 9.17) is 0 Å². The summed E-state index contributed by atoms with van der Waals surface area (Å²) in [6.07, 6.45) is 4.55. The number of hydrogen-bond acceptors (Lipinski definition) is 3. The average molecular weight is 237 g/mol.